The van der Waals surface area contributed by atoms with Crippen LogP contribution in [0.2, 0.25) is 0 Å². The van der Waals surface area contributed by atoms with Crippen LogP contribution in [0.5, 0.6) is 0 Å². The SMILES string of the molecule is CCCNC(=O)CN(CCC(C)C)C1CC1. The molecule has 1 N–H and O–H groups in total. The maximum Gasteiger partial charge on any atom is 0.234 e. The highest BCUT2D eigenvalue weighted by molar-refractivity contribution is 5.78. The van der Waals surface area contributed by atoms with Crippen molar-refractivity contribution in [3.8, 4) is 0 Å². The third-order valence-corrected chi connectivity index (χ3v) is 2.98. The van der Waals surface area contributed by atoms with Crippen LogP contribution < -0.4 is 5.32 Å². The zero-order valence-electron chi connectivity index (χ0n) is 11.0. The second-order valence-electron chi connectivity index (χ2n) is 5.23. The van der Waals surface area contributed by atoms with Gasteiger partial charge in [0.1, 0.15) is 0 Å². The lowest BCUT2D eigenvalue weighted by Gasteiger charge is -2.22. The third kappa shape index (κ3) is 5.50. The summed E-state index contributed by atoms with van der Waals surface area (Å²) in [6.45, 7) is 9.03. The normalized spacial score (nSPS) is 15.8. The fourth-order valence-electron chi connectivity index (χ4n) is 1.76. The van der Waals surface area contributed by atoms with E-state index in [1.807, 2.05) is 0 Å². The first-order chi connectivity index (χ1) is 7.63. The summed E-state index contributed by atoms with van der Waals surface area (Å²) in [5.41, 5.74) is 0. The van der Waals surface area contributed by atoms with Gasteiger partial charge in [-0.2, -0.15) is 0 Å². The number of carbonyl (C=O) groups excluding carboxylic acids is 1. The van der Waals surface area contributed by atoms with E-state index in [1.54, 1.807) is 0 Å². The molecule has 94 valence electrons. The smallest absolute Gasteiger partial charge is 0.234 e. The van der Waals surface area contributed by atoms with Crippen LogP contribution in [0.3, 0.4) is 0 Å². The Kier molecular flexibility index (Phi) is 5.81. The first kappa shape index (κ1) is 13.5. The number of amides is 1. The van der Waals surface area contributed by atoms with Crippen molar-refractivity contribution in [3.63, 3.8) is 0 Å². The number of nitrogens with one attached hydrogen (secondary N) is 1. The predicted molar refractivity (Wildman–Crippen MR) is 67.4 cm³/mol. The Morgan fingerprint density at radius 1 is 1.44 bits per heavy atom. The first-order valence-corrected chi connectivity index (χ1v) is 6.64. The number of hydrogen-bond donors (Lipinski definition) is 1. The lowest BCUT2D eigenvalue weighted by molar-refractivity contribution is -0.122. The van der Waals surface area contributed by atoms with Gasteiger partial charge in [0.25, 0.3) is 0 Å². The lowest BCUT2D eigenvalue weighted by Crippen LogP contribution is -2.39. The Morgan fingerprint density at radius 3 is 2.62 bits per heavy atom. The van der Waals surface area contributed by atoms with E-state index in [2.05, 4.69) is 31.0 Å². The predicted octanol–water partition coefficient (Wildman–Crippen LogP) is 2.02. The van der Waals surface area contributed by atoms with Gasteiger partial charge < -0.3 is 5.32 Å². The Balaban J connectivity index is 2.24. The van der Waals surface area contributed by atoms with Crippen LogP contribution in [-0.4, -0.2) is 36.5 Å². The highest BCUT2D eigenvalue weighted by Gasteiger charge is 2.29. The largest absolute Gasteiger partial charge is 0.355 e. The maximum absolute atomic E-state index is 11.6. The maximum atomic E-state index is 11.6. The molecular weight excluding hydrogens is 200 g/mol. The number of carbonyl (C=O) groups is 1. The highest BCUT2D eigenvalue weighted by atomic mass is 16.2. The molecule has 3 nitrogen and oxygen atoms in total. The van der Waals surface area contributed by atoms with Crippen LogP contribution in [0.4, 0.5) is 0 Å². The molecule has 1 rings (SSSR count). The second kappa shape index (κ2) is 6.89. The molecular formula is C13H26N2O. The Hall–Kier alpha value is -0.570. The molecule has 0 aromatic heterocycles. The molecule has 1 aliphatic rings. The van der Waals surface area contributed by atoms with Crippen LogP contribution in [0.25, 0.3) is 0 Å². The van der Waals surface area contributed by atoms with Crippen molar-refractivity contribution in [2.45, 2.75) is 52.5 Å². The van der Waals surface area contributed by atoms with Gasteiger partial charge in [-0.1, -0.05) is 20.8 Å². The highest BCUT2D eigenvalue weighted by Crippen LogP contribution is 2.27. The molecule has 1 saturated carbocycles. The van der Waals surface area contributed by atoms with Crippen LogP contribution in [0.1, 0.15) is 46.5 Å². The van der Waals surface area contributed by atoms with Crippen molar-refractivity contribution in [1.82, 2.24) is 10.2 Å². The molecule has 16 heavy (non-hydrogen) atoms. The van der Waals surface area contributed by atoms with Crippen molar-refractivity contribution in [3.05, 3.63) is 0 Å². The molecule has 0 unspecified atom stereocenters. The van der Waals surface area contributed by atoms with Crippen LogP contribution in [-0.2, 0) is 4.79 Å². The molecule has 0 bridgehead atoms. The molecule has 0 aromatic carbocycles. The molecule has 1 aliphatic carbocycles. The summed E-state index contributed by atoms with van der Waals surface area (Å²) in [4.78, 5) is 14.0. The molecule has 0 atom stereocenters. The quantitative estimate of drug-likeness (QED) is 0.687. The molecule has 0 spiro atoms. The molecule has 1 amide bonds. The molecule has 3 heteroatoms. The van der Waals surface area contributed by atoms with Gasteiger partial charge in [-0.25, -0.2) is 0 Å². The minimum Gasteiger partial charge on any atom is -0.355 e. The van der Waals surface area contributed by atoms with Gasteiger partial charge >= 0.3 is 0 Å². The van der Waals surface area contributed by atoms with E-state index in [4.69, 9.17) is 0 Å². The first-order valence-electron chi connectivity index (χ1n) is 6.64. The third-order valence-electron chi connectivity index (χ3n) is 2.98. The van der Waals surface area contributed by atoms with Crippen LogP contribution in [0.15, 0.2) is 0 Å². The van der Waals surface area contributed by atoms with E-state index in [-0.39, 0.29) is 5.91 Å². The van der Waals surface area contributed by atoms with E-state index < -0.39 is 0 Å². The average Bonchev–Trinajstić information content (AvgIpc) is 3.04. The Bertz CT molecular complexity index is 212. The number of nitrogens with zero attached hydrogens (tertiary/aromatic N) is 1. The fourth-order valence-corrected chi connectivity index (χ4v) is 1.76. The molecule has 1 fully saturated rings. The van der Waals surface area contributed by atoms with Gasteiger partial charge in [-0.15, -0.1) is 0 Å². The molecule has 0 saturated heterocycles. The van der Waals surface area contributed by atoms with Crippen LogP contribution in [0, 0.1) is 5.92 Å². The van der Waals surface area contributed by atoms with Crippen molar-refractivity contribution >= 4 is 5.91 Å². The van der Waals surface area contributed by atoms with E-state index in [0.29, 0.717) is 12.6 Å². The summed E-state index contributed by atoms with van der Waals surface area (Å²) >= 11 is 0. The second-order valence-corrected chi connectivity index (χ2v) is 5.23. The zero-order chi connectivity index (χ0) is 12.0. The summed E-state index contributed by atoms with van der Waals surface area (Å²) in [7, 11) is 0. The Labute approximate surface area is 99.6 Å². The minimum absolute atomic E-state index is 0.192. The Morgan fingerprint density at radius 2 is 2.12 bits per heavy atom. The van der Waals surface area contributed by atoms with Crippen molar-refractivity contribution in [2.24, 2.45) is 5.92 Å². The van der Waals surface area contributed by atoms with E-state index in [9.17, 15) is 4.79 Å². The van der Waals surface area contributed by atoms with Crippen molar-refractivity contribution < 1.29 is 4.79 Å². The monoisotopic (exact) mass is 226 g/mol. The number of rotatable bonds is 8. The molecule has 0 radical (unpaired) electrons. The standard InChI is InChI=1S/C13H26N2O/c1-4-8-14-13(16)10-15(12-5-6-12)9-7-11(2)3/h11-12H,4-10H2,1-3H3,(H,14,16). The van der Waals surface area contributed by atoms with Crippen molar-refractivity contribution in [1.29, 1.82) is 0 Å². The zero-order valence-corrected chi connectivity index (χ0v) is 11.0. The molecule has 0 aliphatic heterocycles. The van der Waals surface area contributed by atoms with E-state index >= 15 is 0 Å². The molecule has 0 aromatic rings. The topological polar surface area (TPSA) is 32.3 Å². The van der Waals surface area contributed by atoms with Gasteiger partial charge in [0.2, 0.25) is 5.91 Å². The van der Waals surface area contributed by atoms with Gasteiger partial charge in [0, 0.05) is 12.6 Å². The minimum atomic E-state index is 0.192. The van der Waals surface area contributed by atoms with E-state index in [0.717, 1.165) is 25.4 Å². The molecule has 0 heterocycles. The van der Waals surface area contributed by atoms with Gasteiger partial charge in [0.05, 0.1) is 6.54 Å². The summed E-state index contributed by atoms with van der Waals surface area (Å²) < 4.78 is 0. The van der Waals surface area contributed by atoms with Crippen LogP contribution >= 0.6 is 0 Å². The van der Waals surface area contributed by atoms with Gasteiger partial charge in [-0.3, -0.25) is 9.69 Å². The van der Waals surface area contributed by atoms with Gasteiger partial charge in [-0.05, 0) is 38.1 Å². The summed E-state index contributed by atoms with van der Waals surface area (Å²) in [6, 6.07) is 0.686. The van der Waals surface area contributed by atoms with E-state index in [1.165, 1.54) is 19.3 Å². The summed E-state index contributed by atoms with van der Waals surface area (Å²) in [5.74, 6) is 0.914. The van der Waals surface area contributed by atoms with Crippen molar-refractivity contribution in [2.75, 3.05) is 19.6 Å². The summed E-state index contributed by atoms with van der Waals surface area (Å²) in [5, 5.41) is 2.95. The fraction of sp³-hybridized carbons (Fsp3) is 0.923. The number of hydrogen-bond acceptors (Lipinski definition) is 2. The summed E-state index contributed by atoms with van der Waals surface area (Å²) in [6.07, 6.45) is 4.76. The van der Waals surface area contributed by atoms with Gasteiger partial charge in [0.15, 0.2) is 0 Å². The lowest BCUT2D eigenvalue weighted by atomic mass is 10.1. The average molecular weight is 226 g/mol.